The second-order valence-electron chi connectivity index (χ2n) is 6.05. The van der Waals surface area contributed by atoms with Gasteiger partial charge in [0.1, 0.15) is 0 Å². The molecule has 2 aromatic heterocycles. The second kappa shape index (κ2) is 7.58. The molecule has 0 bridgehead atoms. The van der Waals surface area contributed by atoms with Gasteiger partial charge in [-0.05, 0) is 38.6 Å². The van der Waals surface area contributed by atoms with Crippen LogP contribution in [0.25, 0.3) is 5.69 Å². The number of benzene rings is 1. The Labute approximate surface area is 151 Å². The molecule has 0 spiro atoms. The summed E-state index contributed by atoms with van der Waals surface area (Å²) in [5.41, 5.74) is 3.28. The minimum absolute atomic E-state index is 0.0662. The van der Waals surface area contributed by atoms with Crippen molar-refractivity contribution in [3.8, 4) is 5.69 Å². The molecule has 1 aromatic carbocycles. The summed E-state index contributed by atoms with van der Waals surface area (Å²) in [6.45, 7) is 4.58. The van der Waals surface area contributed by atoms with Crippen LogP contribution in [0.2, 0.25) is 0 Å². The monoisotopic (exact) mass is 355 g/mol. The predicted molar refractivity (Wildman–Crippen MR) is 100.0 cm³/mol. The number of carbonyl (C=O) groups excluding carboxylic acids is 1. The van der Waals surface area contributed by atoms with E-state index in [-0.39, 0.29) is 11.9 Å². The average molecular weight is 355 g/mol. The van der Waals surface area contributed by atoms with Gasteiger partial charge in [0.25, 0.3) is 0 Å². The van der Waals surface area contributed by atoms with Crippen molar-refractivity contribution in [2.45, 2.75) is 26.4 Å². The average Bonchev–Trinajstić information content (AvgIpc) is 3.26. The van der Waals surface area contributed by atoms with Crippen LogP contribution in [-0.2, 0) is 11.3 Å². The Kier molecular flexibility index (Phi) is 5.25. The molecule has 0 radical (unpaired) electrons. The van der Waals surface area contributed by atoms with Crippen molar-refractivity contribution in [2.75, 3.05) is 12.4 Å². The molecule has 0 unspecified atom stereocenters. The molecule has 1 atom stereocenters. The molecule has 3 rings (SSSR count). The van der Waals surface area contributed by atoms with E-state index in [1.807, 2.05) is 53.5 Å². The molecule has 0 fully saturated rings. The smallest absolute Gasteiger partial charge is 0.243 e. The predicted octanol–water partition coefficient (Wildman–Crippen LogP) is 3.10. The van der Waals surface area contributed by atoms with Crippen molar-refractivity contribution in [1.82, 2.24) is 19.7 Å². The highest BCUT2D eigenvalue weighted by Crippen LogP contribution is 2.14. The van der Waals surface area contributed by atoms with Crippen LogP contribution in [0.15, 0.2) is 48.2 Å². The zero-order chi connectivity index (χ0) is 17.8. The maximum absolute atomic E-state index is 12.3. The molecule has 25 heavy (non-hydrogen) atoms. The summed E-state index contributed by atoms with van der Waals surface area (Å²) in [4.78, 5) is 18.4. The topological polar surface area (TPSA) is 63.1 Å². The fourth-order valence-corrected chi connectivity index (χ4v) is 3.01. The van der Waals surface area contributed by atoms with Gasteiger partial charge in [0.15, 0.2) is 5.13 Å². The van der Waals surface area contributed by atoms with E-state index in [2.05, 4.69) is 34.5 Å². The molecule has 0 aliphatic heterocycles. The summed E-state index contributed by atoms with van der Waals surface area (Å²) in [5, 5.41) is 9.72. The third kappa shape index (κ3) is 4.32. The minimum atomic E-state index is -0.272. The van der Waals surface area contributed by atoms with Gasteiger partial charge in [-0.3, -0.25) is 9.69 Å². The number of aryl methyl sites for hydroxylation is 1. The third-order valence-electron chi connectivity index (χ3n) is 4.04. The molecule has 3 aromatic rings. The van der Waals surface area contributed by atoms with E-state index in [4.69, 9.17) is 0 Å². The van der Waals surface area contributed by atoms with Gasteiger partial charge in [-0.15, -0.1) is 11.3 Å². The molecule has 2 heterocycles. The summed E-state index contributed by atoms with van der Waals surface area (Å²) >= 11 is 1.41. The molecule has 7 heteroatoms. The summed E-state index contributed by atoms with van der Waals surface area (Å²) in [6, 6.07) is 7.92. The number of aromatic nitrogens is 3. The highest BCUT2D eigenvalue weighted by atomic mass is 32.1. The minimum Gasteiger partial charge on any atom is -0.301 e. The van der Waals surface area contributed by atoms with Crippen LogP contribution in [0, 0.1) is 6.92 Å². The maximum atomic E-state index is 12.3. The van der Waals surface area contributed by atoms with E-state index in [1.165, 1.54) is 16.9 Å². The van der Waals surface area contributed by atoms with E-state index in [1.54, 1.807) is 6.20 Å². The first-order chi connectivity index (χ1) is 12.0. The number of nitrogens with zero attached hydrogens (tertiary/aromatic N) is 4. The Bertz CT molecular complexity index is 843. The molecule has 0 saturated carbocycles. The van der Waals surface area contributed by atoms with Crippen molar-refractivity contribution in [2.24, 2.45) is 0 Å². The van der Waals surface area contributed by atoms with Crippen LogP contribution in [0.1, 0.15) is 18.1 Å². The second-order valence-corrected chi connectivity index (χ2v) is 6.94. The zero-order valence-corrected chi connectivity index (χ0v) is 15.3. The van der Waals surface area contributed by atoms with Crippen LogP contribution < -0.4 is 5.32 Å². The van der Waals surface area contributed by atoms with Crippen molar-refractivity contribution in [3.63, 3.8) is 0 Å². The molecule has 0 aliphatic rings. The van der Waals surface area contributed by atoms with E-state index in [9.17, 15) is 4.79 Å². The highest BCUT2D eigenvalue weighted by molar-refractivity contribution is 7.13. The van der Waals surface area contributed by atoms with Gasteiger partial charge in [0, 0.05) is 29.9 Å². The number of carbonyl (C=O) groups is 1. The molecule has 6 nitrogen and oxygen atoms in total. The van der Waals surface area contributed by atoms with Crippen LogP contribution in [0.4, 0.5) is 5.13 Å². The molecule has 130 valence electrons. The summed E-state index contributed by atoms with van der Waals surface area (Å²) in [6.07, 6.45) is 5.51. The normalized spacial score (nSPS) is 12.3. The SMILES string of the molecule is Cc1cccc(-n2cc(CN(C)[C@H](C)C(=O)Nc3nccs3)cn2)c1. The van der Waals surface area contributed by atoms with E-state index < -0.39 is 0 Å². The number of hydrogen-bond acceptors (Lipinski definition) is 5. The van der Waals surface area contributed by atoms with Crippen molar-refractivity contribution >= 4 is 22.4 Å². The van der Waals surface area contributed by atoms with E-state index in [0.717, 1.165) is 11.3 Å². The van der Waals surface area contributed by atoms with E-state index >= 15 is 0 Å². The van der Waals surface area contributed by atoms with Gasteiger partial charge in [0.2, 0.25) is 5.91 Å². The highest BCUT2D eigenvalue weighted by Gasteiger charge is 2.19. The third-order valence-corrected chi connectivity index (χ3v) is 4.73. The number of rotatable bonds is 6. The summed E-state index contributed by atoms with van der Waals surface area (Å²) in [5.74, 6) is -0.0662. The molecule has 1 amide bonds. The van der Waals surface area contributed by atoms with Crippen molar-refractivity contribution in [3.05, 3.63) is 59.4 Å². The number of amides is 1. The fraction of sp³-hybridized carbons (Fsp3) is 0.278. The molecular weight excluding hydrogens is 334 g/mol. The Morgan fingerprint density at radius 3 is 3.00 bits per heavy atom. The van der Waals surface area contributed by atoms with Crippen LogP contribution in [-0.4, -0.2) is 38.7 Å². The Morgan fingerprint density at radius 1 is 1.44 bits per heavy atom. The van der Waals surface area contributed by atoms with Gasteiger partial charge < -0.3 is 5.32 Å². The standard InChI is InChI=1S/C18H21N5OS/c1-13-5-4-6-16(9-13)23-12-15(10-20-23)11-22(3)14(2)17(24)21-18-19-7-8-25-18/h4-10,12,14H,11H2,1-3H3,(H,19,21,24)/t14-/m1/s1. The van der Waals surface area contributed by atoms with Crippen LogP contribution in [0.3, 0.4) is 0 Å². The number of hydrogen-bond donors (Lipinski definition) is 1. The van der Waals surface area contributed by atoms with Crippen LogP contribution in [0.5, 0.6) is 0 Å². The molecule has 1 N–H and O–H groups in total. The number of thiazole rings is 1. The first-order valence-electron chi connectivity index (χ1n) is 8.04. The molecular formula is C18H21N5OS. The van der Waals surface area contributed by atoms with Crippen molar-refractivity contribution < 1.29 is 4.79 Å². The maximum Gasteiger partial charge on any atom is 0.243 e. The number of nitrogens with one attached hydrogen (secondary N) is 1. The summed E-state index contributed by atoms with van der Waals surface area (Å²) in [7, 11) is 1.93. The van der Waals surface area contributed by atoms with Gasteiger partial charge in [-0.2, -0.15) is 5.10 Å². The first-order valence-corrected chi connectivity index (χ1v) is 8.92. The number of anilines is 1. The quantitative estimate of drug-likeness (QED) is 0.738. The number of likely N-dealkylation sites (N-methyl/N-ethyl adjacent to an activating group) is 1. The van der Waals surface area contributed by atoms with Gasteiger partial charge in [-0.1, -0.05) is 12.1 Å². The molecule has 0 saturated heterocycles. The van der Waals surface area contributed by atoms with Crippen molar-refractivity contribution in [1.29, 1.82) is 0 Å². The Morgan fingerprint density at radius 2 is 2.28 bits per heavy atom. The van der Waals surface area contributed by atoms with Gasteiger partial charge in [0.05, 0.1) is 17.9 Å². The molecule has 0 aliphatic carbocycles. The first kappa shape index (κ1) is 17.3. The lowest BCUT2D eigenvalue weighted by Crippen LogP contribution is -2.39. The largest absolute Gasteiger partial charge is 0.301 e. The zero-order valence-electron chi connectivity index (χ0n) is 14.5. The van der Waals surface area contributed by atoms with Gasteiger partial charge in [-0.25, -0.2) is 9.67 Å². The lowest BCUT2D eigenvalue weighted by Gasteiger charge is -2.22. The lowest BCUT2D eigenvalue weighted by atomic mass is 10.2. The summed E-state index contributed by atoms with van der Waals surface area (Å²) < 4.78 is 1.86. The fourth-order valence-electron chi connectivity index (χ4n) is 2.47. The lowest BCUT2D eigenvalue weighted by molar-refractivity contribution is -0.120. The van der Waals surface area contributed by atoms with E-state index in [0.29, 0.717) is 11.7 Å². The van der Waals surface area contributed by atoms with Crippen LogP contribution >= 0.6 is 11.3 Å². The Hall–Kier alpha value is -2.51. The van der Waals surface area contributed by atoms with Gasteiger partial charge >= 0.3 is 0 Å². The Balaban J connectivity index is 1.63.